The van der Waals surface area contributed by atoms with Crippen LogP contribution in [0.4, 0.5) is 0 Å². The van der Waals surface area contributed by atoms with Gasteiger partial charge in [0.25, 0.3) is 0 Å². The third kappa shape index (κ3) is 9.80. The number of aliphatic hydroxyl groups excluding tert-OH is 1. The van der Waals surface area contributed by atoms with Crippen molar-refractivity contribution in [3.05, 3.63) is 0 Å². The lowest BCUT2D eigenvalue weighted by Gasteiger charge is -2.15. The van der Waals surface area contributed by atoms with E-state index in [9.17, 15) is 0 Å². The van der Waals surface area contributed by atoms with Crippen LogP contribution in [0, 0.1) is 5.92 Å². The van der Waals surface area contributed by atoms with Gasteiger partial charge < -0.3 is 14.6 Å². The SMILES string of the molecule is CC(C)COCC(C)OCC(C)O. The van der Waals surface area contributed by atoms with Crippen LogP contribution in [-0.2, 0) is 9.47 Å². The number of hydrogen-bond acceptors (Lipinski definition) is 3. The molecule has 0 aliphatic rings. The monoisotopic (exact) mass is 190 g/mol. The number of hydrogen-bond donors (Lipinski definition) is 1. The highest BCUT2D eigenvalue weighted by Crippen LogP contribution is 1.97. The van der Waals surface area contributed by atoms with Crippen LogP contribution >= 0.6 is 0 Å². The minimum absolute atomic E-state index is 0.0633. The third-order valence-electron chi connectivity index (χ3n) is 1.43. The summed E-state index contributed by atoms with van der Waals surface area (Å²) >= 11 is 0. The smallest absolute Gasteiger partial charge is 0.0781 e. The largest absolute Gasteiger partial charge is 0.391 e. The van der Waals surface area contributed by atoms with Crippen molar-refractivity contribution >= 4 is 0 Å². The maximum Gasteiger partial charge on any atom is 0.0781 e. The van der Waals surface area contributed by atoms with Crippen molar-refractivity contribution in [3.8, 4) is 0 Å². The van der Waals surface area contributed by atoms with Gasteiger partial charge in [-0.1, -0.05) is 13.8 Å². The predicted molar refractivity (Wildman–Crippen MR) is 52.8 cm³/mol. The zero-order valence-electron chi connectivity index (χ0n) is 9.12. The summed E-state index contributed by atoms with van der Waals surface area (Å²) < 4.78 is 10.7. The summed E-state index contributed by atoms with van der Waals surface area (Å²) in [6.45, 7) is 9.63. The molecule has 2 atom stereocenters. The fourth-order valence-corrected chi connectivity index (χ4v) is 0.821. The highest BCUT2D eigenvalue weighted by atomic mass is 16.5. The van der Waals surface area contributed by atoms with Crippen molar-refractivity contribution in [3.63, 3.8) is 0 Å². The van der Waals surface area contributed by atoms with E-state index in [2.05, 4.69) is 13.8 Å². The lowest BCUT2D eigenvalue weighted by Crippen LogP contribution is -2.22. The molecule has 0 bridgehead atoms. The van der Waals surface area contributed by atoms with Crippen LogP contribution in [0.25, 0.3) is 0 Å². The zero-order chi connectivity index (χ0) is 10.3. The van der Waals surface area contributed by atoms with Crippen LogP contribution in [0.2, 0.25) is 0 Å². The second-order valence-corrected chi connectivity index (χ2v) is 3.92. The average molecular weight is 190 g/mol. The first kappa shape index (κ1) is 12.9. The second-order valence-electron chi connectivity index (χ2n) is 3.92. The summed E-state index contributed by atoms with van der Waals surface area (Å²) in [5, 5.41) is 8.95. The Kier molecular flexibility index (Phi) is 7.23. The van der Waals surface area contributed by atoms with Crippen LogP contribution in [0.3, 0.4) is 0 Å². The van der Waals surface area contributed by atoms with E-state index in [1.54, 1.807) is 6.92 Å². The lowest BCUT2D eigenvalue weighted by atomic mass is 10.2. The molecular formula is C10H22O3. The predicted octanol–water partition coefficient (Wildman–Crippen LogP) is 1.44. The van der Waals surface area contributed by atoms with Gasteiger partial charge in [-0.2, -0.15) is 0 Å². The molecule has 3 heteroatoms. The molecule has 0 heterocycles. The summed E-state index contributed by atoms with van der Waals surface area (Å²) in [6.07, 6.45) is -0.333. The van der Waals surface area contributed by atoms with E-state index in [0.717, 1.165) is 6.61 Å². The minimum atomic E-state index is -0.396. The topological polar surface area (TPSA) is 38.7 Å². The van der Waals surface area contributed by atoms with E-state index in [1.165, 1.54) is 0 Å². The van der Waals surface area contributed by atoms with Gasteiger partial charge in [-0.15, -0.1) is 0 Å². The molecule has 13 heavy (non-hydrogen) atoms. The zero-order valence-corrected chi connectivity index (χ0v) is 9.12. The summed E-state index contributed by atoms with van der Waals surface area (Å²) in [4.78, 5) is 0. The van der Waals surface area contributed by atoms with Crippen molar-refractivity contribution in [1.29, 1.82) is 0 Å². The highest BCUT2D eigenvalue weighted by Gasteiger charge is 2.04. The Morgan fingerprint density at radius 3 is 2.08 bits per heavy atom. The molecule has 0 saturated heterocycles. The van der Waals surface area contributed by atoms with Crippen LogP contribution in [0.5, 0.6) is 0 Å². The van der Waals surface area contributed by atoms with Crippen molar-refractivity contribution in [2.45, 2.75) is 39.9 Å². The van der Waals surface area contributed by atoms with Crippen LogP contribution < -0.4 is 0 Å². The summed E-state index contributed by atoms with van der Waals surface area (Å²) in [5.74, 6) is 0.559. The van der Waals surface area contributed by atoms with Crippen LogP contribution in [0.1, 0.15) is 27.7 Å². The van der Waals surface area contributed by atoms with E-state index in [1.807, 2.05) is 6.92 Å². The van der Waals surface area contributed by atoms with E-state index < -0.39 is 6.10 Å². The normalized spacial score (nSPS) is 16.2. The van der Waals surface area contributed by atoms with Crippen molar-refractivity contribution in [1.82, 2.24) is 0 Å². The number of ether oxygens (including phenoxy) is 2. The molecule has 0 radical (unpaired) electrons. The van der Waals surface area contributed by atoms with Gasteiger partial charge >= 0.3 is 0 Å². The van der Waals surface area contributed by atoms with E-state index in [0.29, 0.717) is 19.1 Å². The number of rotatable bonds is 7. The molecule has 2 unspecified atom stereocenters. The molecule has 0 aromatic carbocycles. The van der Waals surface area contributed by atoms with Gasteiger partial charge in [-0.3, -0.25) is 0 Å². The van der Waals surface area contributed by atoms with Crippen LogP contribution in [-0.4, -0.2) is 37.1 Å². The van der Waals surface area contributed by atoms with Crippen molar-refractivity contribution < 1.29 is 14.6 Å². The maximum atomic E-state index is 8.95. The maximum absolute atomic E-state index is 8.95. The van der Waals surface area contributed by atoms with E-state index in [4.69, 9.17) is 14.6 Å². The Morgan fingerprint density at radius 1 is 1.00 bits per heavy atom. The average Bonchev–Trinajstić information content (AvgIpc) is 2.00. The molecule has 0 aliphatic heterocycles. The molecule has 0 fully saturated rings. The molecule has 0 spiro atoms. The molecule has 0 saturated carbocycles. The molecule has 80 valence electrons. The Hall–Kier alpha value is -0.120. The fourth-order valence-electron chi connectivity index (χ4n) is 0.821. The summed E-state index contributed by atoms with van der Waals surface area (Å²) in [7, 11) is 0. The molecule has 1 N–H and O–H groups in total. The van der Waals surface area contributed by atoms with Crippen molar-refractivity contribution in [2.24, 2.45) is 5.92 Å². The summed E-state index contributed by atoms with van der Waals surface area (Å²) in [6, 6.07) is 0. The Bertz CT molecular complexity index is 113. The van der Waals surface area contributed by atoms with Gasteiger partial charge in [0.2, 0.25) is 0 Å². The molecule has 0 rings (SSSR count). The van der Waals surface area contributed by atoms with Crippen molar-refractivity contribution in [2.75, 3.05) is 19.8 Å². The molecular weight excluding hydrogens is 168 g/mol. The highest BCUT2D eigenvalue weighted by molar-refractivity contribution is 4.51. The lowest BCUT2D eigenvalue weighted by molar-refractivity contribution is -0.0402. The minimum Gasteiger partial charge on any atom is -0.391 e. The first-order valence-electron chi connectivity index (χ1n) is 4.89. The van der Waals surface area contributed by atoms with Gasteiger partial charge in [0.1, 0.15) is 0 Å². The number of aliphatic hydroxyl groups is 1. The van der Waals surface area contributed by atoms with Gasteiger partial charge in [0.05, 0.1) is 25.4 Å². The van der Waals surface area contributed by atoms with Gasteiger partial charge in [-0.05, 0) is 19.8 Å². The molecule has 0 aliphatic carbocycles. The van der Waals surface area contributed by atoms with Crippen LogP contribution in [0.15, 0.2) is 0 Å². The van der Waals surface area contributed by atoms with E-state index >= 15 is 0 Å². The fraction of sp³-hybridized carbons (Fsp3) is 1.00. The summed E-state index contributed by atoms with van der Waals surface area (Å²) in [5.41, 5.74) is 0. The Labute approximate surface area is 81.0 Å². The molecule has 0 amide bonds. The van der Waals surface area contributed by atoms with E-state index in [-0.39, 0.29) is 6.10 Å². The Morgan fingerprint density at radius 2 is 1.62 bits per heavy atom. The molecule has 0 aromatic heterocycles. The standard InChI is InChI=1S/C10H22O3/c1-8(2)5-12-7-10(4)13-6-9(3)11/h8-11H,5-7H2,1-4H3. The molecule has 0 aromatic rings. The molecule has 3 nitrogen and oxygen atoms in total. The van der Waals surface area contributed by atoms with Gasteiger partial charge in [-0.25, -0.2) is 0 Å². The first-order chi connectivity index (χ1) is 6.02. The second kappa shape index (κ2) is 7.30. The quantitative estimate of drug-likeness (QED) is 0.660. The third-order valence-corrected chi connectivity index (χ3v) is 1.43. The van der Waals surface area contributed by atoms with Gasteiger partial charge in [0, 0.05) is 6.61 Å². The van der Waals surface area contributed by atoms with Gasteiger partial charge in [0.15, 0.2) is 0 Å². The first-order valence-corrected chi connectivity index (χ1v) is 4.89. The Balaban J connectivity index is 3.25.